The summed E-state index contributed by atoms with van der Waals surface area (Å²) in [5, 5.41) is 3.26. The third kappa shape index (κ3) is 2.95. The van der Waals surface area contributed by atoms with Crippen molar-refractivity contribution in [2.24, 2.45) is 0 Å². The zero-order valence-corrected chi connectivity index (χ0v) is 13.1. The summed E-state index contributed by atoms with van der Waals surface area (Å²) in [6, 6.07) is 4.55. The van der Waals surface area contributed by atoms with Crippen LogP contribution in [0.2, 0.25) is 0 Å². The second kappa shape index (κ2) is 5.76. The summed E-state index contributed by atoms with van der Waals surface area (Å²) in [5.41, 5.74) is 2.34. The molecule has 3 heterocycles. The van der Waals surface area contributed by atoms with Crippen LogP contribution in [-0.4, -0.2) is 33.9 Å². The van der Waals surface area contributed by atoms with E-state index in [4.69, 9.17) is 0 Å². The average molecular weight is 287 g/mol. The van der Waals surface area contributed by atoms with E-state index in [1.807, 2.05) is 12.3 Å². The van der Waals surface area contributed by atoms with Crippen molar-refractivity contribution >= 4 is 5.91 Å². The van der Waals surface area contributed by atoms with E-state index in [2.05, 4.69) is 35.1 Å². The van der Waals surface area contributed by atoms with Gasteiger partial charge >= 0.3 is 0 Å². The molecule has 0 spiro atoms. The number of carbonyl (C=O) groups excluding carboxylic acids is 1. The SMILES string of the molecule is Cc1cccnc1CN1CCCC[C@]2(C)NC(=O)CC[C@H]12. The maximum atomic E-state index is 11.8. The van der Waals surface area contributed by atoms with Crippen LogP contribution in [0.3, 0.4) is 0 Å². The number of rotatable bonds is 2. The molecule has 1 amide bonds. The van der Waals surface area contributed by atoms with Crippen LogP contribution in [0.15, 0.2) is 18.3 Å². The predicted octanol–water partition coefficient (Wildman–Crippen LogP) is 2.41. The van der Waals surface area contributed by atoms with Gasteiger partial charge in [-0.2, -0.15) is 0 Å². The first-order chi connectivity index (χ1) is 10.1. The van der Waals surface area contributed by atoms with Crippen LogP contribution >= 0.6 is 0 Å². The maximum absolute atomic E-state index is 11.8. The van der Waals surface area contributed by atoms with Crippen LogP contribution in [0.25, 0.3) is 0 Å². The summed E-state index contributed by atoms with van der Waals surface area (Å²) in [4.78, 5) is 18.9. The van der Waals surface area contributed by atoms with Crippen LogP contribution in [-0.2, 0) is 11.3 Å². The van der Waals surface area contributed by atoms with Gasteiger partial charge in [0, 0.05) is 25.2 Å². The molecule has 0 saturated carbocycles. The highest BCUT2D eigenvalue weighted by atomic mass is 16.1. The van der Waals surface area contributed by atoms with E-state index >= 15 is 0 Å². The fraction of sp³-hybridized carbons (Fsp3) is 0.647. The molecule has 2 fully saturated rings. The third-order valence-electron chi connectivity index (χ3n) is 5.11. The van der Waals surface area contributed by atoms with Crippen molar-refractivity contribution in [1.82, 2.24) is 15.2 Å². The number of hydrogen-bond donors (Lipinski definition) is 1. The maximum Gasteiger partial charge on any atom is 0.220 e. The molecule has 4 heteroatoms. The molecule has 0 unspecified atom stereocenters. The minimum atomic E-state index is -0.0749. The van der Waals surface area contributed by atoms with Crippen molar-refractivity contribution in [1.29, 1.82) is 0 Å². The topological polar surface area (TPSA) is 45.2 Å². The van der Waals surface area contributed by atoms with E-state index < -0.39 is 0 Å². The normalized spacial score (nSPS) is 30.4. The molecule has 0 radical (unpaired) electrons. The summed E-state index contributed by atoms with van der Waals surface area (Å²) < 4.78 is 0. The van der Waals surface area contributed by atoms with E-state index in [9.17, 15) is 4.79 Å². The summed E-state index contributed by atoms with van der Waals surface area (Å²) in [5.74, 6) is 0.213. The number of likely N-dealkylation sites (tertiary alicyclic amines) is 1. The molecular weight excluding hydrogens is 262 g/mol. The first kappa shape index (κ1) is 14.5. The Kier molecular flexibility index (Phi) is 3.98. The van der Waals surface area contributed by atoms with E-state index in [-0.39, 0.29) is 11.4 Å². The first-order valence-corrected chi connectivity index (χ1v) is 8.04. The lowest BCUT2D eigenvalue weighted by Gasteiger charge is -2.46. The molecule has 1 N–H and O–H groups in total. The van der Waals surface area contributed by atoms with Gasteiger partial charge in [-0.3, -0.25) is 14.7 Å². The van der Waals surface area contributed by atoms with Crippen molar-refractivity contribution in [2.45, 2.75) is 64.1 Å². The number of aryl methyl sites for hydroxylation is 1. The molecule has 3 rings (SSSR count). The number of nitrogens with one attached hydrogen (secondary N) is 1. The van der Waals surface area contributed by atoms with Crippen LogP contribution < -0.4 is 5.32 Å². The lowest BCUT2D eigenvalue weighted by atomic mass is 9.81. The van der Waals surface area contributed by atoms with Crippen molar-refractivity contribution in [3.63, 3.8) is 0 Å². The molecule has 0 aromatic carbocycles. The Morgan fingerprint density at radius 2 is 2.33 bits per heavy atom. The van der Waals surface area contributed by atoms with Gasteiger partial charge in [-0.1, -0.05) is 6.07 Å². The molecule has 1 aromatic heterocycles. The number of nitrogens with zero attached hydrogens (tertiary/aromatic N) is 2. The van der Waals surface area contributed by atoms with Crippen LogP contribution in [0.4, 0.5) is 0 Å². The second-order valence-corrected chi connectivity index (χ2v) is 6.71. The second-order valence-electron chi connectivity index (χ2n) is 6.71. The minimum Gasteiger partial charge on any atom is -0.349 e. The molecule has 21 heavy (non-hydrogen) atoms. The third-order valence-corrected chi connectivity index (χ3v) is 5.11. The van der Waals surface area contributed by atoms with Gasteiger partial charge in [-0.05, 0) is 57.7 Å². The van der Waals surface area contributed by atoms with Gasteiger partial charge in [0.1, 0.15) is 0 Å². The van der Waals surface area contributed by atoms with Crippen LogP contribution in [0.1, 0.15) is 50.3 Å². The van der Waals surface area contributed by atoms with E-state index in [0.717, 1.165) is 25.9 Å². The quantitative estimate of drug-likeness (QED) is 0.908. The van der Waals surface area contributed by atoms with Gasteiger partial charge in [0.2, 0.25) is 5.91 Å². The van der Waals surface area contributed by atoms with Gasteiger partial charge in [0.15, 0.2) is 0 Å². The van der Waals surface area contributed by atoms with Crippen LogP contribution in [0.5, 0.6) is 0 Å². The monoisotopic (exact) mass is 287 g/mol. The Morgan fingerprint density at radius 3 is 3.14 bits per heavy atom. The van der Waals surface area contributed by atoms with E-state index in [0.29, 0.717) is 12.5 Å². The molecule has 114 valence electrons. The molecule has 4 nitrogen and oxygen atoms in total. The van der Waals surface area contributed by atoms with Gasteiger partial charge in [0.05, 0.1) is 11.2 Å². The Bertz CT molecular complexity index is 531. The van der Waals surface area contributed by atoms with Crippen LogP contribution in [0, 0.1) is 6.92 Å². The van der Waals surface area contributed by atoms with E-state index in [1.165, 1.54) is 24.1 Å². The summed E-state index contributed by atoms with van der Waals surface area (Å²) in [7, 11) is 0. The molecule has 2 aliphatic rings. The Hall–Kier alpha value is -1.42. The van der Waals surface area contributed by atoms with Crippen molar-refractivity contribution in [3.8, 4) is 0 Å². The molecule has 0 aliphatic carbocycles. The number of fused-ring (bicyclic) bond motifs is 1. The molecule has 2 atom stereocenters. The van der Waals surface area contributed by atoms with Crippen molar-refractivity contribution in [3.05, 3.63) is 29.6 Å². The fourth-order valence-corrected chi connectivity index (χ4v) is 3.89. The lowest BCUT2D eigenvalue weighted by molar-refractivity contribution is -0.127. The highest BCUT2D eigenvalue weighted by molar-refractivity contribution is 5.78. The van der Waals surface area contributed by atoms with Gasteiger partial charge in [0.25, 0.3) is 0 Å². The average Bonchev–Trinajstić information content (AvgIpc) is 2.60. The zero-order chi connectivity index (χ0) is 14.9. The molecule has 2 aliphatic heterocycles. The zero-order valence-electron chi connectivity index (χ0n) is 13.1. The van der Waals surface area contributed by atoms with Gasteiger partial charge < -0.3 is 5.32 Å². The molecule has 0 bridgehead atoms. The predicted molar refractivity (Wildman–Crippen MR) is 82.8 cm³/mol. The first-order valence-electron chi connectivity index (χ1n) is 8.04. The number of pyridine rings is 1. The van der Waals surface area contributed by atoms with Crippen molar-refractivity contribution < 1.29 is 4.79 Å². The number of aromatic nitrogens is 1. The number of hydrogen-bond acceptors (Lipinski definition) is 3. The number of amides is 1. The lowest BCUT2D eigenvalue weighted by Crippen LogP contribution is -2.62. The van der Waals surface area contributed by atoms with E-state index in [1.54, 1.807) is 0 Å². The van der Waals surface area contributed by atoms with Gasteiger partial charge in [-0.25, -0.2) is 0 Å². The smallest absolute Gasteiger partial charge is 0.220 e. The largest absolute Gasteiger partial charge is 0.349 e. The summed E-state index contributed by atoms with van der Waals surface area (Å²) in [6.45, 7) is 6.34. The molecular formula is C17H25N3O. The highest BCUT2D eigenvalue weighted by Gasteiger charge is 2.43. The summed E-state index contributed by atoms with van der Waals surface area (Å²) in [6.07, 6.45) is 6.97. The Balaban J connectivity index is 1.83. The summed E-state index contributed by atoms with van der Waals surface area (Å²) >= 11 is 0. The molecule has 2 saturated heterocycles. The number of piperidine rings is 1. The van der Waals surface area contributed by atoms with Crippen molar-refractivity contribution in [2.75, 3.05) is 6.54 Å². The number of carbonyl (C=O) groups is 1. The highest BCUT2D eigenvalue weighted by Crippen LogP contribution is 2.33. The minimum absolute atomic E-state index is 0.0749. The molecule has 1 aromatic rings. The van der Waals surface area contributed by atoms with Gasteiger partial charge in [-0.15, -0.1) is 0 Å². The Morgan fingerprint density at radius 1 is 1.48 bits per heavy atom. The standard InChI is InChI=1S/C17H25N3O/c1-13-6-5-10-18-14(13)12-20-11-4-3-9-17(2)15(20)7-8-16(21)19-17/h5-6,10,15H,3-4,7-9,11-12H2,1-2H3,(H,19,21)/t15-,17-/m0/s1. The fourth-order valence-electron chi connectivity index (χ4n) is 3.89. The Labute approximate surface area is 126 Å².